The second kappa shape index (κ2) is 6.39. The first-order valence-electron chi connectivity index (χ1n) is 7.71. The Labute approximate surface area is 143 Å². The molecule has 3 aromatic rings. The molecule has 0 radical (unpaired) electrons. The van der Waals surface area contributed by atoms with Crippen LogP contribution in [0.4, 0.5) is 4.39 Å². The Morgan fingerprint density at radius 3 is 2.36 bits per heavy atom. The average molecular weight is 340 g/mol. The van der Waals surface area contributed by atoms with E-state index in [-0.39, 0.29) is 5.69 Å². The fourth-order valence-corrected chi connectivity index (χ4v) is 2.50. The zero-order chi connectivity index (χ0) is 18.1. The Morgan fingerprint density at radius 1 is 1.00 bits per heavy atom. The van der Waals surface area contributed by atoms with E-state index in [4.69, 9.17) is 4.74 Å². The van der Waals surface area contributed by atoms with Gasteiger partial charge in [0, 0.05) is 24.9 Å². The predicted octanol–water partition coefficient (Wildman–Crippen LogP) is 3.08. The van der Waals surface area contributed by atoms with E-state index in [1.54, 1.807) is 26.0 Å². The number of nitrogens with zero attached hydrogens (tertiary/aromatic N) is 2. The summed E-state index contributed by atoms with van der Waals surface area (Å²) in [5, 5.41) is 0. The fourth-order valence-electron chi connectivity index (χ4n) is 2.50. The SMILES string of the molecule is Cc1cc(F)c(-n2c(=O)cc(C)n(C)c2=O)cc1Oc1ccccc1. The highest BCUT2D eigenvalue weighted by atomic mass is 19.1. The topological polar surface area (TPSA) is 53.2 Å². The number of halogens is 1. The van der Waals surface area contributed by atoms with Crippen LogP contribution in [-0.4, -0.2) is 9.13 Å². The molecular formula is C19H17FN2O3. The van der Waals surface area contributed by atoms with Crippen molar-refractivity contribution < 1.29 is 9.13 Å². The van der Waals surface area contributed by atoms with Gasteiger partial charge in [-0.3, -0.25) is 4.79 Å². The zero-order valence-electron chi connectivity index (χ0n) is 14.1. The molecule has 1 aromatic heterocycles. The molecule has 0 fully saturated rings. The smallest absolute Gasteiger partial charge is 0.335 e. The van der Waals surface area contributed by atoms with Gasteiger partial charge in [-0.05, 0) is 37.6 Å². The minimum absolute atomic E-state index is 0.137. The summed E-state index contributed by atoms with van der Waals surface area (Å²) < 4.78 is 22.3. The molecule has 0 aliphatic carbocycles. The van der Waals surface area contributed by atoms with E-state index in [9.17, 15) is 14.0 Å². The molecule has 25 heavy (non-hydrogen) atoms. The second-order valence-corrected chi connectivity index (χ2v) is 5.79. The maximum Gasteiger partial charge on any atom is 0.335 e. The molecule has 6 heteroatoms. The second-order valence-electron chi connectivity index (χ2n) is 5.79. The summed E-state index contributed by atoms with van der Waals surface area (Å²) in [5.41, 5.74) is -0.281. The lowest BCUT2D eigenvalue weighted by Crippen LogP contribution is -2.38. The summed E-state index contributed by atoms with van der Waals surface area (Å²) in [6, 6.07) is 12.9. The van der Waals surface area contributed by atoms with Crippen molar-refractivity contribution in [2.24, 2.45) is 7.05 Å². The van der Waals surface area contributed by atoms with Crippen LogP contribution >= 0.6 is 0 Å². The van der Waals surface area contributed by atoms with Gasteiger partial charge in [0.15, 0.2) is 0 Å². The number of rotatable bonds is 3. The lowest BCUT2D eigenvalue weighted by Gasteiger charge is -2.14. The van der Waals surface area contributed by atoms with Crippen molar-refractivity contribution in [3.05, 3.63) is 86.4 Å². The van der Waals surface area contributed by atoms with Crippen LogP contribution in [-0.2, 0) is 7.05 Å². The lowest BCUT2D eigenvalue weighted by atomic mass is 10.2. The monoisotopic (exact) mass is 340 g/mol. The van der Waals surface area contributed by atoms with Crippen molar-refractivity contribution >= 4 is 0 Å². The van der Waals surface area contributed by atoms with Gasteiger partial charge in [-0.15, -0.1) is 0 Å². The van der Waals surface area contributed by atoms with Crippen molar-refractivity contribution in [3.8, 4) is 17.2 Å². The van der Waals surface area contributed by atoms with Crippen molar-refractivity contribution in [1.29, 1.82) is 0 Å². The Hall–Kier alpha value is -3.15. The van der Waals surface area contributed by atoms with Gasteiger partial charge in [0.25, 0.3) is 5.56 Å². The van der Waals surface area contributed by atoms with Crippen molar-refractivity contribution in [2.75, 3.05) is 0 Å². The van der Waals surface area contributed by atoms with Crippen molar-refractivity contribution in [2.45, 2.75) is 13.8 Å². The van der Waals surface area contributed by atoms with Crippen LogP contribution < -0.4 is 16.0 Å². The number of hydrogen-bond donors (Lipinski definition) is 0. The van der Waals surface area contributed by atoms with Gasteiger partial charge in [-0.1, -0.05) is 18.2 Å². The van der Waals surface area contributed by atoms with E-state index in [0.29, 0.717) is 22.8 Å². The molecule has 0 amide bonds. The summed E-state index contributed by atoms with van der Waals surface area (Å²) in [6.07, 6.45) is 0. The summed E-state index contributed by atoms with van der Waals surface area (Å²) in [6.45, 7) is 3.34. The number of ether oxygens (including phenoxy) is 1. The van der Waals surface area contributed by atoms with Crippen LogP contribution in [0.3, 0.4) is 0 Å². The molecule has 0 aliphatic heterocycles. The number of para-hydroxylation sites is 1. The van der Waals surface area contributed by atoms with Gasteiger partial charge in [0.05, 0.1) is 5.69 Å². The highest BCUT2D eigenvalue weighted by Gasteiger charge is 2.16. The Balaban J connectivity index is 2.19. The van der Waals surface area contributed by atoms with Gasteiger partial charge >= 0.3 is 5.69 Å². The molecule has 0 N–H and O–H groups in total. The largest absolute Gasteiger partial charge is 0.457 e. The van der Waals surface area contributed by atoms with Gasteiger partial charge in [-0.25, -0.2) is 13.8 Å². The van der Waals surface area contributed by atoms with E-state index in [1.165, 1.54) is 29.8 Å². The van der Waals surface area contributed by atoms with E-state index in [0.717, 1.165) is 4.57 Å². The first kappa shape index (κ1) is 16.7. The fraction of sp³-hybridized carbons (Fsp3) is 0.158. The Kier molecular flexibility index (Phi) is 4.27. The minimum atomic E-state index is -0.666. The van der Waals surface area contributed by atoms with Crippen LogP contribution in [0.1, 0.15) is 11.3 Å². The third-order valence-corrected chi connectivity index (χ3v) is 4.02. The molecular weight excluding hydrogens is 323 g/mol. The number of hydrogen-bond acceptors (Lipinski definition) is 3. The molecule has 0 unspecified atom stereocenters. The molecule has 3 rings (SSSR count). The summed E-state index contributed by atoms with van der Waals surface area (Å²) in [4.78, 5) is 24.7. The maximum absolute atomic E-state index is 14.5. The third kappa shape index (κ3) is 3.10. The Morgan fingerprint density at radius 2 is 1.68 bits per heavy atom. The maximum atomic E-state index is 14.5. The van der Waals surface area contributed by atoms with Crippen LogP contribution in [0.5, 0.6) is 11.5 Å². The summed E-state index contributed by atoms with van der Waals surface area (Å²) in [7, 11) is 1.53. The third-order valence-electron chi connectivity index (χ3n) is 4.02. The highest BCUT2D eigenvalue weighted by Crippen LogP contribution is 2.28. The lowest BCUT2D eigenvalue weighted by molar-refractivity contribution is 0.475. The summed E-state index contributed by atoms with van der Waals surface area (Å²) in [5.74, 6) is 0.283. The van der Waals surface area contributed by atoms with E-state index < -0.39 is 17.1 Å². The van der Waals surface area contributed by atoms with Crippen LogP contribution in [0, 0.1) is 19.7 Å². The van der Waals surface area contributed by atoms with Crippen molar-refractivity contribution in [1.82, 2.24) is 9.13 Å². The highest BCUT2D eigenvalue weighted by molar-refractivity contribution is 5.47. The Bertz CT molecular complexity index is 1050. The zero-order valence-corrected chi connectivity index (χ0v) is 14.1. The number of aromatic nitrogens is 2. The number of benzene rings is 2. The predicted molar refractivity (Wildman–Crippen MR) is 93.2 cm³/mol. The molecule has 0 bridgehead atoms. The van der Waals surface area contributed by atoms with Crippen LogP contribution in [0.25, 0.3) is 5.69 Å². The number of aryl methyl sites for hydroxylation is 2. The molecule has 0 aliphatic rings. The standard InChI is InChI=1S/C19H17FN2O3/c1-12-9-15(20)16(11-17(12)25-14-7-5-4-6-8-14)22-18(23)10-13(2)21(3)19(22)24/h4-11H,1-3H3. The molecule has 0 saturated heterocycles. The van der Waals surface area contributed by atoms with E-state index in [2.05, 4.69) is 0 Å². The first-order valence-corrected chi connectivity index (χ1v) is 7.71. The molecule has 0 saturated carbocycles. The minimum Gasteiger partial charge on any atom is -0.457 e. The normalized spacial score (nSPS) is 10.7. The van der Waals surface area contributed by atoms with Crippen LogP contribution in [0.2, 0.25) is 0 Å². The molecule has 128 valence electrons. The molecule has 1 heterocycles. The molecule has 0 spiro atoms. The molecule has 5 nitrogen and oxygen atoms in total. The van der Waals surface area contributed by atoms with Crippen LogP contribution in [0.15, 0.2) is 58.1 Å². The van der Waals surface area contributed by atoms with Gasteiger partial charge in [0.2, 0.25) is 0 Å². The van der Waals surface area contributed by atoms with Crippen molar-refractivity contribution in [3.63, 3.8) is 0 Å². The average Bonchev–Trinajstić information content (AvgIpc) is 2.57. The molecule has 2 aromatic carbocycles. The van der Waals surface area contributed by atoms with E-state index >= 15 is 0 Å². The van der Waals surface area contributed by atoms with Gasteiger partial charge in [0.1, 0.15) is 17.3 Å². The van der Waals surface area contributed by atoms with E-state index in [1.807, 2.05) is 18.2 Å². The molecule has 0 atom stereocenters. The summed E-state index contributed by atoms with van der Waals surface area (Å²) >= 11 is 0. The first-order chi connectivity index (χ1) is 11.9. The van der Waals surface area contributed by atoms with Gasteiger partial charge < -0.3 is 9.30 Å². The quantitative estimate of drug-likeness (QED) is 0.736. The van der Waals surface area contributed by atoms with Gasteiger partial charge in [-0.2, -0.15) is 0 Å².